The molecule has 0 aliphatic carbocycles. The highest BCUT2D eigenvalue weighted by molar-refractivity contribution is 9.10. The number of hydrogen-bond donors (Lipinski definition) is 3. The Bertz CT molecular complexity index is 1760. The molecular weight excluding hydrogens is 676 g/mol. The molecule has 0 spiro atoms. The maximum atomic E-state index is 14.5. The predicted octanol–water partition coefficient (Wildman–Crippen LogP) is 6.39. The normalized spacial score (nSPS) is 16.7. The number of halogens is 1. The topological polar surface area (TPSA) is 150 Å². The number of nitrogens with one attached hydrogen (secondary N) is 2. The van der Waals surface area contributed by atoms with Crippen molar-refractivity contribution >= 4 is 27.7 Å². The van der Waals surface area contributed by atoms with Gasteiger partial charge in [0.15, 0.2) is 11.6 Å². The van der Waals surface area contributed by atoms with Crippen molar-refractivity contribution in [3.05, 3.63) is 140 Å². The van der Waals surface area contributed by atoms with E-state index in [1.807, 2.05) is 84.9 Å². The molecule has 0 aromatic heterocycles. The van der Waals surface area contributed by atoms with E-state index < -0.39 is 11.6 Å². The Morgan fingerprint density at radius 3 is 2.50 bits per heavy atom. The van der Waals surface area contributed by atoms with Crippen LogP contribution < -0.4 is 20.3 Å². The number of aliphatic hydroxyl groups is 1. The summed E-state index contributed by atoms with van der Waals surface area (Å²) in [5.41, 5.74) is 17.6. The lowest BCUT2D eigenvalue weighted by Crippen LogP contribution is -2.54. The van der Waals surface area contributed by atoms with Gasteiger partial charge in [0, 0.05) is 40.9 Å². The van der Waals surface area contributed by atoms with Gasteiger partial charge in [-0.05, 0) is 76.7 Å². The monoisotopic (exact) mass is 712 g/mol. The molecule has 1 aliphatic rings. The third-order valence-corrected chi connectivity index (χ3v) is 8.50. The van der Waals surface area contributed by atoms with Crippen LogP contribution in [0, 0.1) is 0 Å². The first kappa shape index (κ1) is 34.5. The fourth-order valence-corrected chi connectivity index (χ4v) is 5.84. The molecule has 0 unspecified atom stereocenters. The van der Waals surface area contributed by atoms with Crippen LogP contribution in [-0.2, 0) is 28.9 Å². The fourth-order valence-electron chi connectivity index (χ4n) is 5.57. The van der Waals surface area contributed by atoms with Crippen molar-refractivity contribution in [1.29, 1.82) is 0 Å². The van der Waals surface area contributed by atoms with Gasteiger partial charge in [0.25, 0.3) is 5.91 Å². The summed E-state index contributed by atoms with van der Waals surface area (Å²) in [5, 5.41) is 12.9. The van der Waals surface area contributed by atoms with Gasteiger partial charge in [-0.1, -0.05) is 75.6 Å². The van der Waals surface area contributed by atoms with Gasteiger partial charge in [-0.3, -0.25) is 10.2 Å². The van der Waals surface area contributed by atoms with Crippen molar-refractivity contribution in [3.8, 4) is 11.5 Å². The number of rotatable bonds is 16. The van der Waals surface area contributed by atoms with E-state index in [9.17, 15) is 4.79 Å². The summed E-state index contributed by atoms with van der Waals surface area (Å²) >= 11 is 3.51. The molecule has 1 amide bonds. The average molecular weight is 714 g/mol. The SMILES string of the molecule is COc1ccccc1CCNNC(=O)[C@@]1(Cc2ccc(Br)cc2)N=C(c2ccc(OCCCO)cc2)O[C@H]1c1ccccc1CN=[N+]=[N-]. The van der Waals surface area contributed by atoms with Crippen LogP contribution in [0.2, 0.25) is 0 Å². The molecular formula is C36H37BrN6O5. The van der Waals surface area contributed by atoms with Gasteiger partial charge in [-0.25, -0.2) is 10.4 Å². The van der Waals surface area contributed by atoms with Crippen molar-refractivity contribution < 1.29 is 24.1 Å². The summed E-state index contributed by atoms with van der Waals surface area (Å²) < 4.78 is 18.8. The number of ether oxygens (including phenoxy) is 3. The van der Waals surface area contributed by atoms with Gasteiger partial charge in [0.05, 0.1) is 20.3 Å². The summed E-state index contributed by atoms with van der Waals surface area (Å²) in [4.78, 5) is 22.6. The third-order valence-electron chi connectivity index (χ3n) is 7.97. The van der Waals surface area contributed by atoms with Gasteiger partial charge in [-0.15, -0.1) is 0 Å². The number of aliphatic imine (C=N–C) groups is 1. The minimum absolute atomic E-state index is 0.0447. The van der Waals surface area contributed by atoms with Gasteiger partial charge in [-0.2, -0.15) is 0 Å². The first-order valence-corrected chi connectivity index (χ1v) is 16.4. The van der Waals surface area contributed by atoms with Crippen molar-refractivity contribution in [3.63, 3.8) is 0 Å². The minimum Gasteiger partial charge on any atom is -0.496 e. The Morgan fingerprint density at radius 2 is 1.77 bits per heavy atom. The largest absolute Gasteiger partial charge is 0.496 e. The number of benzene rings is 4. The third kappa shape index (κ3) is 8.34. The zero-order valence-electron chi connectivity index (χ0n) is 26.5. The molecule has 11 nitrogen and oxygen atoms in total. The Labute approximate surface area is 287 Å². The Morgan fingerprint density at radius 1 is 1.04 bits per heavy atom. The van der Waals surface area contributed by atoms with Crippen molar-refractivity contribution in [2.45, 2.75) is 37.5 Å². The van der Waals surface area contributed by atoms with E-state index >= 15 is 0 Å². The van der Waals surface area contributed by atoms with Gasteiger partial charge in [0.1, 0.15) is 11.5 Å². The lowest BCUT2D eigenvalue weighted by atomic mass is 9.81. The molecule has 1 aliphatic heterocycles. The number of hydrazine groups is 1. The number of para-hydroxylation sites is 1. The van der Waals surface area contributed by atoms with E-state index in [-0.39, 0.29) is 25.5 Å². The van der Waals surface area contributed by atoms with Crippen LogP contribution in [0.3, 0.4) is 0 Å². The number of carbonyl (C=O) groups is 1. The molecule has 0 fully saturated rings. The smallest absolute Gasteiger partial charge is 0.266 e. The molecule has 4 aromatic rings. The van der Waals surface area contributed by atoms with Gasteiger partial charge >= 0.3 is 0 Å². The van der Waals surface area contributed by atoms with E-state index in [0.717, 1.165) is 26.9 Å². The standard InChI is InChI=1S/C36H37BrN6O5/c1-46-32-10-5-3-7-26(32)19-20-39-42-35(45)36(23-25-11-15-29(37)16-12-25)33(31-9-4-2-8-28(31)24-40-43-38)48-34(41-36)27-13-17-30(18-14-27)47-22-6-21-44/h2-5,7-18,33,39,44H,6,19-24H2,1H3,(H,42,45)/t33-,36-/m0/s1. The number of methoxy groups -OCH3 is 1. The molecule has 0 bridgehead atoms. The Hall–Kier alpha value is -4.87. The van der Waals surface area contributed by atoms with Crippen molar-refractivity contribution in [2.24, 2.45) is 10.1 Å². The van der Waals surface area contributed by atoms with Crippen molar-refractivity contribution in [2.75, 3.05) is 26.9 Å². The molecule has 5 rings (SSSR count). The second-order valence-electron chi connectivity index (χ2n) is 11.1. The van der Waals surface area contributed by atoms with Crippen LogP contribution >= 0.6 is 15.9 Å². The fraction of sp³-hybridized carbons (Fsp3) is 0.278. The van der Waals surface area contributed by atoms with Crippen LogP contribution in [0.4, 0.5) is 0 Å². The Kier molecular flexibility index (Phi) is 12.1. The molecule has 0 saturated carbocycles. The molecule has 248 valence electrons. The number of hydrogen-bond acceptors (Lipinski definition) is 8. The summed E-state index contributed by atoms with van der Waals surface area (Å²) in [7, 11) is 1.63. The zero-order valence-corrected chi connectivity index (χ0v) is 28.1. The van der Waals surface area contributed by atoms with Crippen molar-refractivity contribution in [1.82, 2.24) is 10.9 Å². The van der Waals surface area contributed by atoms with Gasteiger partial charge in [0.2, 0.25) is 5.90 Å². The predicted molar refractivity (Wildman–Crippen MR) is 187 cm³/mol. The highest BCUT2D eigenvalue weighted by atomic mass is 79.9. The zero-order chi connectivity index (χ0) is 33.8. The number of carbonyl (C=O) groups excluding carboxylic acids is 1. The Balaban J connectivity index is 1.52. The van der Waals surface area contributed by atoms with E-state index in [0.29, 0.717) is 48.8 Å². The molecule has 12 heteroatoms. The summed E-state index contributed by atoms with van der Waals surface area (Å²) in [6, 6.07) is 30.2. The molecule has 4 aromatic carbocycles. The minimum atomic E-state index is -1.46. The summed E-state index contributed by atoms with van der Waals surface area (Å²) in [6.07, 6.45) is 0.486. The number of azide groups is 1. The molecule has 0 saturated heterocycles. The summed E-state index contributed by atoms with van der Waals surface area (Å²) in [6.45, 7) is 0.948. The van der Waals surface area contributed by atoms with Crippen LogP contribution in [0.25, 0.3) is 10.4 Å². The highest BCUT2D eigenvalue weighted by Gasteiger charge is 2.54. The van der Waals surface area contributed by atoms with E-state index in [4.69, 9.17) is 29.8 Å². The first-order chi connectivity index (χ1) is 23.5. The van der Waals surface area contributed by atoms with Crippen LogP contribution in [0.1, 0.15) is 40.3 Å². The lowest BCUT2D eigenvalue weighted by Gasteiger charge is -2.32. The average Bonchev–Trinajstić information content (AvgIpc) is 3.51. The van der Waals surface area contributed by atoms with E-state index in [1.165, 1.54) is 0 Å². The lowest BCUT2D eigenvalue weighted by molar-refractivity contribution is -0.130. The van der Waals surface area contributed by atoms with Gasteiger partial charge < -0.3 is 19.3 Å². The molecule has 3 N–H and O–H groups in total. The summed E-state index contributed by atoms with van der Waals surface area (Å²) in [5.74, 6) is 1.33. The highest BCUT2D eigenvalue weighted by Crippen LogP contribution is 2.44. The molecule has 1 heterocycles. The number of aliphatic hydroxyl groups excluding tert-OH is 1. The maximum Gasteiger partial charge on any atom is 0.266 e. The molecule has 0 radical (unpaired) electrons. The maximum absolute atomic E-state index is 14.5. The number of amides is 1. The second-order valence-corrected chi connectivity index (χ2v) is 12.0. The second kappa shape index (κ2) is 16.8. The molecule has 48 heavy (non-hydrogen) atoms. The molecule has 2 atom stereocenters. The quantitative estimate of drug-likeness (QED) is 0.0403. The van der Waals surface area contributed by atoms with Crippen LogP contribution in [-0.4, -0.2) is 49.3 Å². The first-order valence-electron chi connectivity index (χ1n) is 15.6. The number of nitrogens with zero attached hydrogens (tertiary/aromatic N) is 4. The van der Waals surface area contributed by atoms with E-state index in [1.54, 1.807) is 19.2 Å². The van der Waals surface area contributed by atoms with Crippen LogP contribution in [0.15, 0.2) is 112 Å². The van der Waals surface area contributed by atoms with E-state index in [2.05, 4.69) is 36.8 Å². The van der Waals surface area contributed by atoms with Crippen LogP contribution in [0.5, 0.6) is 11.5 Å².